The molecule has 0 aliphatic carbocycles. The number of anilines is 1. The number of thiazole rings is 1. The van der Waals surface area contributed by atoms with Crippen LogP contribution in [0.25, 0.3) is 21.8 Å². The maximum atomic E-state index is 12.3. The number of nitrogens with zero attached hydrogens (tertiary/aromatic N) is 2. The van der Waals surface area contributed by atoms with Gasteiger partial charge in [0.15, 0.2) is 0 Å². The minimum atomic E-state index is -0.439. The highest BCUT2D eigenvalue weighted by Gasteiger charge is 2.30. The number of hydrogen-bond donors (Lipinski definition) is 2. The molecule has 0 fully saturated rings. The Morgan fingerprint density at radius 2 is 1.97 bits per heavy atom. The molecule has 0 radical (unpaired) electrons. The number of aryl methyl sites for hydroxylation is 2. The predicted molar refractivity (Wildman–Crippen MR) is 118 cm³/mol. The maximum Gasteiger partial charge on any atom is 0.277 e. The monoisotopic (exact) mass is 419 g/mol. The van der Waals surface area contributed by atoms with Gasteiger partial charge in [0.1, 0.15) is 10.7 Å². The first-order valence-electron chi connectivity index (χ1n) is 9.55. The Morgan fingerprint density at radius 1 is 1.13 bits per heavy atom. The number of nitrogens with one attached hydrogen (secondary N) is 1. The van der Waals surface area contributed by atoms with E-state index >= 15 is 0 Å². The van der Waals surface area contributed by atoms with Crippen molar-refractivity contribution >= 4 is 28.8 Å². The first kappa shape index (κ1) is 20.0. The molecule has 6 nitrogen and oxygen atoms in total. The van der Waals surface area contributed by atoms with E-state index in [-0.39, 0.29) is 18.8 Å². The van der Waals surface area contributed by atoms with Gasteiger partial charge in [0, 0.05) is 28.3 Å². The van der Waals surface area contributed by atoms with Crippen molar-refractivity contribution in [3.05, 3.63) is 70.7 Å². The van der Waals surface area contributed by atoms with Crippen molar-refractivity contribution in [2.75, 3.05) is 18.5 Å². The second kappa shape index (κ2) is 8.22. The molecule has 7 heteroatoms. The van der Waals surface area contributed by atoms with Gasteiger partial charge in [0.2, 0.25) is 0 Å². The fourth-order valence-electron chi connectivity index (χ4n) is 3.43. The van der Waals surface area contributed by atoms with Crippen LogP contribution in [0.15, 0.2) is 59.6 Å². The molecular weight excluding hydrogens is 398 g/mol. The molecule has 0 unspecified atom stereocenters. The van der Waals surface area contributed by atoms with Crippen molar-refractivity contribution in [1.82, 2.24) is 9.88 Å². The number of β-amino-alcohol motifs (C(OH)–C–C–N with tert-alkyl or cyclic N) is 1. The Bertz CT molecular complexity index is 1170. The van der Waals surface area contributed by atoms with Gasteiger partial charge in [-0.15, -0.1) is 11.3 Å². The van der Waals surface area contributed by atoms with Gasteiger partial charge < -0.3 is 10.4 Å². The zero-order valence-electron chi connectivity index (χ0n) is 16.7. The van der Waals surface area contributed by atoms with Crippen molar-refractivity contribution in [2.45, 2.75) is 13.8 Å². The summed E-state index contributed by atoms with van der Waals surface area (Å²) < 4.78 is 0. The van der Waals surface area contributed by atoms with Gasteiger partial charge in [-0.3, -0.25) is 14.5 Å². The van der Waals surface area contributed by atoms with E-state index in [1.165, 1.54) is 17.2 Å². The van der Waals surface area contributed by atoms with E-state index in [0.29, 0.717) is 5.69 Å². The minimum Gasteiger partial charge on any atom is -0.395 e. The smallest absolute Gasteiger partial charge is 0.277 e. The Balaban J connectivity index is 1.56. The first-order valence-corrected chi connectivity index (χ1v) is 10.4. The number of hydrogen-bond acceptors (Lipinski definition) is 6. The van der Waals surface area contributed by atoms with Crippen LogP contribution < -0.4 is 5.32 Å². The zero-order valence-corrected chi connectivity index (χ0v) is 17.5. The van der Waals surface area contributed by atoms with Crippen LogP contribution in [0.4, 0.5) is 5.69 Å². The van der Waals surface area contributed by atoms with Crippen molar-refractivity contribution < 1.29 is 14.7 Å². The Morgan fingerprint density at radius 3 is 2.73 bits per heavy atom. The number of amides is 2. The van der Waals surface area contributed by atoms with Gasteiger partial charge in [0.25, 0.3) is 11.8 Å². The molecule has 0 bridgehead atoms. The van der Waals surface area contributed by atoms with Crippen molar-refractivity contribution in [1.29, 1.82) is 0 Å². The molecule has 1 aromatic heterocycles. The molecular formula is C23H21N3O3S. The molecule has 1 aliphatic heterocycles. The number of aliphatic hydroxyl groups excluding tert-OH is 1. The fraction of sp³-hybridized carbons (Fsp3) is 0.174. The first-order chi connectivity index (χ1) is 14.5. The summed E-state index contributed by atoms with van der Waals surface area (Å²) in [4.78, 5) is 30.1. The Kier molecular flexibility index (Phi) is 5.48. The average Bonchev–Trinajstić information content (AvgIpc) is 3.30. The SMILES string of the molecule is Cc1ccc(-c2csc(-c3cccc(NC4=CC(=O)N(CCO)C4=O)c3)n2)c(C)c1. The third-order valence-electron chi connectivity index (χ3n) is 4.88. The Labute approximate surface area is 178 Å². The lowest BCUT2D eigenvalue weighted by molar-refractivity contribution is -0.137. The number of rotatable bonds is 6. The van der Waals surface area contributed by atoms with Gasteiger partial charge in [0.05, 0.1) is 18.8 Å². The zero-order chi connectivity index (χ0) is 21.3. The highest BCUT2D eigenvalue weighted by atomic mass is 32.1. The second-order valence-corrected chi connectivity index (χ2v) is 8.00. The molecule has 0 spiro atoms. The molecule has 2 amide bonds. The summed E-state index contributed by atoms with van der Waals surface area (Å²) >= 11 is 1.56. The van der Waals surface area contributed by atoms with Crippen LogP contribution in [0.2, 0.25) is 0 Å². The molecule has 2 N–H and O–H groups in total. The molecule has 2 heterocycles. The summed E-state index contributed by atoms with van der Waals surface area (Å²) in [5.41, 5.74) is 6.26. The van der Waals surface area contributed by atoms with Gasteiger partial charge >= 0.3 is 0 Å². The summed E-state index contributed by atoms with van der Waals surface area (Å²) in [6.07, 6.45) is 1.26. The van der Waals surface area contributed by atoms with Gasteiger partial charge in [-0.1, -0.05) is 35.9 Å². The van der Waals surface area contributed by atoms with Crippen LogP contribution in [0.3, 0.4) is 0 Å². The van der Waals surface area contributed by atoms with Crippen LogP contribution in [0, 0.1) is 13.8 Å². The molecule has 4 rings (SSSR count). The third-order valence-corrected chi connectivity index (χ3v) is 5.77. The number of aliphatic hydroxyl groups is 1. The molecule has 2 aromatic carbocycles. The standard InChI is InChI=1S/C23H21N3O3S/c1-14-6-7-18(15(2)10-14)20-13-30-22(25-20)16-4-3-5-17(11-16)24-19-12-21(28)26(8-9-27)23(19)29/h3-7,10-13,24,27H,8-9H2,1-2H3. The maximum absolute atomic E-state index is 12.3. The van der Waals surface area contributed by atoms with E-state index in [9.17, 15) is 9.59 Å². The molecule has 152 valence electrons. The normalized spacial score (nSPS) is 13.7. The topological polar surface area (TPSA) is 82.5 Å². The van der Waals surface area contributed by atoms with Crippen molar-refractivity contribution in [3.63, 3.8) is 0 Å². The second-order valence-electron chi connectivity index (χ2n) is 7.14. The lowest BCUT2D eigenvalue weighted by Gasteiger charge is -2.13. The minimum absolute atomic E-state index is 0.0142. The molecule has 0 atom stereocenters. The van der Waals surface area contributed by atoms with Gasteiger partial charge in [-0.25, -0.2) is 4.98 Å². The summed E-state index contributed by atoms with van der Waals surface area (Å²) in [5.74, 6) is -0.864. The van der Waals surface area contributed by atoms with Crippen molar-refractivity contribution in [2.24, 2.45) is 0 Å². The molecule has 3 aromatic rings. The van der Waals surface area contributed by atoms with E-state index in [1.807, 2.05) is 29.6 Å². The largest absolute Gasteiger partial charge is 0.395 e. The molecule has 0 saturated carbocycles. The van der Waals surface area contributed by atoms with E-state index in [4.69, 9.17) is 10.1 Å². The van der Waals surface area contributed by atoms with Gasteiger partial charge in [-0.2, -0.15) is 0 Å². The Hall–Kier alpha value is -3.29. The van der Waals surface area contributed by atoms with Crippen LogP contribution in [-0.4, -0.2) is 40.0 Å². The third kappa shape index (κ3) is 3.90. The summed E-state index contributed by atoms with van der Waals surface area (Å²) in [7, 11) is 0. The quantitative estimate of drug-likeness (QED) is 0.595. The van der Waals surface area contributed by atoms with Crippen LogP contribution in [-0.2, 0) is 9.59 Å². The number of benzene rings is 2. The van der Waals surface area contributed by atoms with E-state index < -0.39 is 11.8 Å². The van der Waals surface area contributed by atoms with E-state index in [2.05, 4.69) is 37.4 Å². The highest BCUT2D eigenvalue weighted by Crippen LogP contribution is 2.32. The molecule has 0 saturated heterocycles. The highest BCUT2D eigenvalue weighted by molar-refractivity contribution is 7.13. The fourth-order valence-corrected chi connectivity index (χ4v) is 4.24. The number of aromatic nitrogens is 1. The van der Waals surface area contributed by atoms with Crippen LogP contribution in [0.1, 0.15) is 11.1 Å². The molecule has 30 heavy (non-hydrogen) atoms. The lowest BCUT2D eigenvalue weighted by Crippen LogP contribution is -2.34. The number of carbonyl (C=O) groups excluding carboxylic acids is 2. The average molecular weight is 420 g/mol. The van der Waals surface area contributed by atoms with Crippen molar-refractivity contribution in [3.8, 4) is 21.8 Å². The summed E-state index contributed by atoms with van der Waals surface area (Å²) in [6.45, 7) is 3.88. The van der Waals surface area contributed by atoms with E-state index in [0.717, 1.165) is 26.7 Å². The summed E-state index contributed by atoms with van der Waals surface area (Å²) in [5, 5.41) is 15.0. The van der Waals surface area contributed by atoms with Crippen LogP contribution in [0.5, 0.6) is 0 Å². The van der Waals surface area contributed by atoms with Crippen LogP contribution >= 0.6 is 11.3 Å². The van der Waals surface area contributed by atoms with E-state index in [1.54, 1.807) is 11.3 Å². The molecule has 1 aliphatic rings. The van der Waals surface area contributed by atoms with Gasteiger partial charge in [-0.05, 0) is 31.5 Å². The number of carbonyl (C=O) groups is 2. The summed E-state index contributed by atoms with van der Waals surface area (Å²) in [6, 6.07) is 13.9. The lowest BCUT2D eigenvalue weighted by atomic mass is 10.0. The number of imide groups is 1. The predicted octanol–water partition coefficient (Wildman–Crippen LogP) is 3.75.